The molecule has 2 aromatic rings. The maximum atomic E-state index is 13.9. The van der Waals surface area contributed by atoms with Gasteiger partial charge in [0.1, 0.15) is 5.82 Å². The number of H-pyrrole nitrogens is 1. The van der Waals surface area contributed by atoms with E-state index in [4.69, 9.17) is 12.2 Å². The van der Waals surface area contributed by atoms with Crippen LogP contribution in [0.25, 0.3) is 5.69 Å². The van der Waals surface area contributed by atoms with Crippen LogP contribution in [0.4, 0.5) is 4.39 Å². The van der Waals surface area contributed by atoms with Crippen LogP contribution in [0.2, 0.25) is 0 Å². The van der Waals surface area contributed by atoms with Gasteiger partial charge in [0.25, 0.3) is 0 Å². The maximum absolute atomic E-state index is 13.9. The Bertz CT molecular complexity index is 581. The van der Waals surface area contributed by atoms with Crippen LogP contribution in [0.1, 0.15) is 25.5 Å². The van der Waals surface area contributed by atoms with Gasteiger partial charge in [-0.15, -0.1) is 0 Å². The van der Waals surface area contributed by atoms with Crippen LogP contribution >= 0.6 is 28.1 Å². The van der Waals surface area contributed by atoms with Gasteiger partial charge < -0.3 is 4.98 Å². The standard InChI is InChI=1S/C12H12BrFN2S/c1-7(2)10-6-15-12(17)16(10)11-8(13)4-3-5-9(11)14/h3-7H,1-2H3,(H,15,17). The highest BCUT2D eigenvalue weighted by Gasteiger charge is 2.15. The van der Waals surface area contributed by atoms with Crippen molar-refractivity contribution >= 4 is 28.1 Å². The highest BCUT2D eigenvalue weighted by molar-refractivity contribution is 9.10. The van der Waals surface area contributed by atoms with Crippen LogP contribution in [-0.4, -0.2) is 9.55 Å². The second kappa shape index (κ2) is 4.74. The average Bonchev–Trinajstić information content (AvgIpc) is 2.61. The largest absolute Gasteiger partial charge is 0.337 e. The Kier molecular flexibility index (Phi) is 3.49. The summed E-state index contributed by atoms with van der Waals surface area (Å²) in [6.07, 6.45) is 1.83. The Hall–Kier alpha value is -0.940. The molecular formula is C12H12BrFN2S. The minimum Gasteiger partial charge on any atom is -0.337 e. The highest BCUT2D eigenvalue weighted by Crippen LogP contribution is 2.28. The third-order valence-corrected chi connectivity index (χ3v) is 3.50. The predicted molar refractivity (Wildman–Crippen MR) is 72.7 cm³/mol. The highest BCUT2D eigenvalue weighted by atomic mass is 79.9. The summed E-state index contributed by atoms with van der Waals surface area (Å²) in [7, 11) is 0. The van der Waals surface area contributed by atoms with E-state index in [1.807, 2.05) is 20.0 Å². The summed E-state index contributed by atoms with van der Waals surface area (Å²) >= 11 is 8.58. The number of nitrogens with zero attached hydrogens (tertiary/aromatic N) is 1. The Labute approximate surface area is 113 Å². The first-order valence-corrected chi connectivity index (χ1v) is 6.47. The first-order chi connectivity index (χ1) is 8.02. The van der Waals surface area contributed by atoms with Gasteiger partial charge in [0.15, 0.2) is 4.77 Å². The molecule has 0 aliphatic heterocycles. The Morgan fingerprint density at radius 1 is 1.41 bits per heavy atom. The van der Waals surface area contributed by atoms with E-state index >= 15 is 0 Å². The fraction of sp³-hybridized carbons (Fsp3) is 0.250. The number of rotatable bonds is 2. The van der Waals surface area contributed by atoms with Gasteiger partial charge in [-0.1, -0.05) is 19.9 Å². The summed E-state index contributed by atoms with van der Waals surface area (Å²) in [5.41, 5.74) is 1.42. The normalized spacial score (nSPS) is 11.1. The molecule has 0 bridgehead atoms. The molecular weight excluding hydrogens is 303 g/mol. The average molecular weight is 315 g/mol. The molecule has 0 radical (unpaired) electrons. The lowest BCUT2D eigenvalue weighted by atomic mass is 10.1. The molecule has 0 aliphatic rings. The summed E-state index contributed by atoms with van der Waals surface area (Å²) in [6.45, 7) is 4.09. The molecule has 0 saturated carbocycles. The fourth-order valence-corrected chi connectivity index (χ4v) is 2.52. The van der Waals surface area contributed by atoms with E-state index in [-0.39, 0.29) is 11.7 Å². The molecule has 0 spiro atoms. The van der Waals surface area contributed by atoms with Crippen LogP contribution in [0, 0.1) is 10.6 Å². The van der Waals surface area contributed by atoms with Crippen LogP contribution < -0.4 is 0 Å². The number of nitrogens with one attached hydrogen (secondary N) is 1. The molecule has 1 aromatic carbocycles. The Morgan fingerprint density at radius 2 is 2.12 bits per heavy atom. The van der Waals surface area contributed by atoms with Crippen molar-refractivity contribution in [3.63, 3.8) is 0 Å². The second-order valence-corrected chi connectivity index (χ2v) is 5.32. The number of para-hydroxylation sites is 1. The van der Waals surface area contributed by atoms with Crippen molar-refractivity contribution in [3.8, 4) is 5.69 Å². The predicted octanol–water partition coefficient (Wildman–Crippen LogP) is 4.56. The van der Waals surface area contributed by atoms with Crippen molar-refractivity contribution in [1.29, 1.82) is 0 Å². The number of aromatic nitrogens is 2. The zero-order valence-corrected chi connectivity index (χ0v) is 11.9. The molecule has 1 aromatic heterocycles. The number of benzene rings is 1. The minimum absolute atomic E-state index is 0.259. The molecule has 0 atom stereocenters. The molecule has 0 aliphatic carbocycles. The molecule has 2 nitrogen and oxygen atoms in total. The van der Waals surface area contributed by atoms with Crippen LogP contribution in [-0.2, 0) is 0 Å². The molecule has 17 heavy (non-hydrogen) atoms. The monoisotopic (exact) mass is 314 g/mol. The molecule has 5 heteroatoms. The minimum atomic E-state index is -0.294. The molecule has 1 N–H and O–H groups in total. The number of halogens is 2. The third-order valence-electron chi connectivity index (χ3n) is 2.56. The van der Waals surface area contributed by atoms with E-state index in [1.165, 1.54) is 6.07 Å². The second-order valence-electron chi connectivity index (χ2n) is 4.08. The molecule has 0 unspecified atom stereocenters. The first kappa shape index (κ1) is 12.5. The summed E-state index contributed by atoms with van der Waals surface area (Å²) in [5.74, 6) is -0.0357. The number of hydrogen-bond acceptors (Lipinski definition) is 1. The molecule has 0 amide bonds. The van der Waals surface area contributed by atoms with Gasteiger partial charge in [0.05, 0.1) is 5.69 Å². The summed E-state index contributed by atoms with van der Waals surface area (Å²) in [4.78, 5) is 2.96. The van der Waals surface area contributed by atoms with Gasteiger partial charge in [-0.2, -0.15) is 0 Å². The first-order valence-electron chi connectivity index (χ1n) is 5.27. The molecule has 2 rings (SSSR count). The zero-order chi connectivity index (χ0) is 12.6. The van der Waals surface area contributed by atoms with E-state index in [0.29, 0.717) is 14.9 Å². The van der Waals surface area contributed by atoms with Crippen LogP contribution in [0.5, 0.6) is 0 Å². The molecule has 0 saturated heterocycles. The van der Waals surface area contributed by atoms with Crippen molar-refractivity contribution in [2.24, 2.45) is 0 Å². The quantitative estimate of drug-likeness (QED) is 0.806. The van der Waals surface area contributed by atoms with E-state index in [0.717, 1.165) is 5.69 Å². The SMILES string of the molecule is CC(C)c1c[nH]c(=S)n1-c1c(F)cccc1Br. The van der Waals surface area contributed by atoms with Gasteiger partial charge in [0, 0.05) is 16.4 Å². The molecule has 1 heterocycles. The van der Waals surface area contributed by atoms with Crippen molar-refractivity contribution in [2.75, 3.05) is 0 Å². The van der Waals surface area contributed by atoms with E-state index in [2.05, 4.69) is 20.9 Å². The van der Waals surface area contributed by atoms with Gasteiger partial charge >= 0.3 is 0 Å². The van der Waals surface area contributed by atoms with Gasteiger partial charge in [0.2, 0.25) is 0 Å². The van der Waals surface area contributed by atoms with Crippen molar-refractivity contribution < 1.29 is 4.39 Å². The van der Waals surface area contributed by atoms with Crippen LogP contribution in [0.3, 0.4) is 0 Å². The van der Waals surface area contributed by atoms with E-state index in [9.17, 15) is 4.39 Å². The lowest BCUT2D eigenvalue weighted by Gasteiger charge is -2.13. The Balaban J connectivity index is 2.77. The third kappa shape index (κ3) is 2.21. The maximum Gasteiger partial charge on any atom is 0.182 e. The summed E-state index contributed by atoms with van der Waals surface area (Å²) in [5, 5.41) is 0. The van der Waals surface area contributed by atoms with E-state index in [1.54, 1.807) is 16.7 Å². The molecule has 90 valence electrons. The number of aromatic amines is 1. The van der Waals surface area contributed by atoms with Crippen LogP contribution in [0.15, 0.2) is 28.9 Å². The summed E-state index contributed by atoms with van der Waals surface area (Å²) in [6, 6.07) is 4.89. The smallest absolute Gasteiger partial charge is 0.182 e. The van der Waals surface area contributed by atoms with Crippen molar-refractivity contribution in [3.05, 3.63) is 45.2 Å². The number of hydrogen-bond donors (Lipinski definition) is 1. The summed E-state index contributed by atoms with van der Waals surface area (Å²) < 4.78 is 16.9. The van der Waals surface area contributed by atoms with Gasteiger partial charge in [-0.25, -0.2) is 4.39 Å². The number of imidazole rings is 1. The zero-order valence-electron chi connectivity index (χ0n) is 9.50. The lowest BCUT2D eigenvalue weighted by Crippen LogP contribution is -2.05. The van der Waals surface area contributed by atoms with Crippen molar-refractivity contribution in [2.45, 2.75) is 19.8 Å². The van der Waals surface area contributed by atoms with Gasteiger partial charge in [-0.3, -0.25) is 4.57 Å². The molecule has 0 fully saturated rings. The van der Waals surface area contributed by atoms with E-state index < -0.39 is 0 Å². The lowest BCUT2D eigenvalue weighted by molar-refractivity contribution is 0.611. The Morgan fingerprint density at radius 3 is 2.71 bits per heavy atom. The van der Waals surface area contributed by atoms with Gasteiger partial charge in [-0.05, 0) is 46.2 Å². The topological polar surface area (TPSA) is 20.7 Å². The fourth-order valence-electron chi connectivity index (χ4n) is 1.74. The van der Waals surface area contributed by atoms with Crippen molar-refractivity contribution in [1.82, 2.24) is 9.55 Å².